The third kappa shape index (κ3) is 8.07. The van der Waals surface area contributed by atoms with Crippen molar-refractivity contribution in [1.29, 1.82) is 0 Å². The molecule has 2 rings (SSSR count). The SMILES string of the molecule is CC(C)(C)CCCCCCc1ccccc1CCCCCC1(C(=O)O)CC1. The number of rotatable bonds is 13. The number of hydrogen-bond donors (Lipinski definition) is 1. The average molecular weight is 373 g/mol. The van der Waals surface area contributed by atoms with Crippen molar-refractivity contribution in [1.82, 2.24) is 0 Å². The van der Waals surface area contributed by atoms with Crippen molar-refractivity contribution in [2.45, 2.75) is 104 Å². The van der Waals surface area contributed by atoms with E-state index in [1.165, 1.54) is 56.1 Å². The Balaban J connectivity index is 1.62. The molecule has 0 radical (unpaired) electrons. The van der Waals surface area contributed by atoms with Gasteiger partial charge in [-0.2, -0.15) is 0 Å². The van der Waals surface area contributed by atoms with Crippen molar-refractivity contribution in [2.24, 2.45) is 10.8 Å². The number of unbranched alkanes of at least 4 members (excludes halogenated alkanes) is 5. The van der Waals surface area contributed by atoms with E-state index in [2.05, 4.69) is 45.0 Å². The minimum atomic E-state index is -0.574. The first-order valence-corrected chi connectivity index (χ1v) is 11.1. The van der Waals surface area contributed by atoms with Gasteiger partial charge in [0.2, 0.25) is 0 Å². The van der Waals surface area contributed by atoms with Gasteiger partial charge in [0, 0.05) is 0 Å². The number of carboxylic acids is 1. The lowest BCUT2D eigenvalue weighted by Crippen LogP contribution is -2.14. The number of aliphatic carboxylic acids is 1. The summed E-state index contributed by atoms with van der Waals surface area (Å²) in [6, 6.07) is 8.91. The van der Waals surface area contributed by atoms with E-state index in [1.54, 1.807) is 0 Å². The Morgan fingerprint density at radius 1 is 0.889 bits per heavy atom. The third-order valence-electron chi connectivity index (χ3n) is 6.15. The highest BCUT2D eigenvalue weighted by Crippen LogP contribution is 2.50. The highest BCUT2D eigenvalue weighted by molar-refractivity contribution is 5.77. The fraction of sp³-hybridized carbons (Fsp3) is 0.720. The van der Waals surface area contributed by atoms with E-state index in [0.29, 0.717) is 5.41 Å². The molecule has 1 aromatic carbocycles. The molecule has 27 heavy (non-hydrogen) atoms. The smallest absolute Gasteiger partial charge is 0.309 e. The molecule has 0 amide bonds. The van der Waals surface area contributed by atoms with Gasteiger partial charge in [-0.1, -0.05) is 77.1 Å². The molecule has 1 aromatic rings. The van der Waals surface area contributed by atoms with E-state index in [9.17, 15) is 9.90 Å². The number of carbonyl (C=O) groups is 1. The van der Waals surface area contributed by atoms with Crippen LogP contribution >= 0.6 is 0 Å². The van der Waals surface area contributed by atoms with Crippen LogP contribution in [0, 0.1) is 10.8 Å². The lowest BCUT2D eigenvalue weighted by molar-refractivity contribution is -0.143. The molecule has 152 valence electrons. The largest absolute Gasteiger partial charge is 0.481 e. The van der Waals surface area contributed by atoms with E-state index >= 15 is 0 Å². The van der Waals surface area contributed by atoms with Gasteiger partial charge >= 0.3 is 5.97 Å². The summed E-state index contributed by atoms with van der Waals surface area (Å²) in [7, 11) is 0. The molecule has 2 heteroatoms. The van der Waals surface area contributed by atoms with E-state index in [-0.39, 0.29) is 5.41 Å². The maximum atomic E-state index is 11.2. The Morgan fingerprint density at radius 3 is 1.89 bits per heavy atom. The molecule has 1 saturated carbocycles. The second kappa shape index (κ2) is 10.3. The molecule has 1 aliphatic carbocycles. The normalized spacial score (nSPS) is 15.7. The van der Waals surface area contributed by atoms with Crippen molar-refractivity contribution in [2.75, 3.05) is 0 Å². The Bertz CT molecular complexity index is 578. The van der Waals surface area contributed by atoms with Gasteiger partial charge < -0.3 is 5.11 Å². The average Bonchev–Trinajstić information content (AvgIpc) is 3.39. The van der Waals surface area contributed by atoms with Gasteiger partial charge in [0.05, 0.1) is 5.41 Å². The summed E-state index contributed by atoms with van der Waals surface area (Å²) >= 11 is 0. The van der Waals surface area contributed by atoms with Crippen LogP contribution in [0.25, 0.3) is 0 Å². The van der Waals surface area contributed by atoms with E-state index < -0.39 is 5.97 Å². The van der Waals surface area contributed by atoms with Crippen LogP contribution in [-0.4, -0.2) is 11.1 Å². The van der Waals surface area contributed by atoms with Crippen LogP contribution in [0.3, 0.4) is 0 Å². The second-order valence-corrected chi connectivity index (χ2v) is 9.89. The van der Waals surface area contributed by atoms with Crippen molar-refractivity contribution in [3.8, 4) is 0 Å². The number of hydrogen-bond acceptors (Lipinski definition) is 1. The first kappa shape index (κ1) is 22.0. The van der Waals surface area contributed by atoms with Crippen LogP contribution in [0.2, 0.25) is 0 Å². The molecule has 1 N–H and O–H groups in total. The minimum Gasteiger partial charge on any atom is -0.481 e. The molecule has 1 aliphatic rings. The monoisotopic (exact) mass is 372 g/mol. The highest BCUT2D eigenvalue weighted by Gasteiger charge is 2.49. The zero-order valence-corrected chi connectivity index (χ0v) is 17.9. The van der Waals surface area contributed by atoms with Crippen LogP contribution in [0.5, 0.6) is 0 Å². The Labute approximate surface area is 166 Å². The molecular formula is C25H40O2. The van der Waals surface area contributed by atoms with Crippen LogP contribution in [-0.2, 0) is 17.6 Å². The van der Waals surface area contributed by atoms with Crippen molar-refractivity contribution >= 4 is 5.97 Å². The summed E-state index contributed by atoms with van der Waals surface area (Å²) in [6.07, 6.45) is 15.0. The summed E-state index contributed by atoms with van der Waals surface area (Å²) in [5, 5.41) is 9.25. The minimum absolute atomic E-state index is 0.342. The summed E-state index contributed by atoms with van der Waals surface area (Å²) in [6.45, 7) is 6.99. The van der Waals surface area contributed by atoms with Crippen molar-refractivity contribution in [3.05, 3.63) is 35.4 Å². The zero-order valence-electron chi connectivity index (χ0n) is 17.9. The topological polar surface area (TPSA) is 37.3 Å². The molecule has 0 aromatic heterocycles. The molecule has 0 unspecified atom stereocenters. The van der Waals surface area contributed by atoms with Gasteiger partial charge in [0.25, 0.3) is 0 Å². The molecule has 1 fully saturated rings. The van der Waals surface area contributed by atoms with Gasteiger partial charge in [-0.3, -0.25) is 4.79 Å². The lowest BCUT2D eigenvalue weighted by Gasteiger charge is -2.17. The van der Waals surface area contributed by atoms with Crippen LogP contribution in [0.4, 0.5) is 0 Å². The van der Waals surface area contributed by atoms with Crippen LogP contribution in [0.15, 0.2) is 24.3 Å². The number of carboxylic acid groups (broad SMARTS) is 1. The quantitative estimate of drug-likeness (QED) is 0.372. The standard InChI is InChI=1S/C25H40O2/c1-24(2,3)17-11-5-4-7-13-21-15-9-10-16-22(21)14-8-6-12-18-25(19-20-25)23(26)27/h9-10,15-16H,4-8,11-14,17-20H2,1-3H3,(H,26,27). The fourth-order valence-electron chi connectivity index (χ4n) is 4.05. The van der Waals surface area contributed by atoms with Gasteiger partial charge in [0.15, 0.2) is 0 Å². The van der Waals surface area contributed by atoms with Gasteiger partial charge in [-0.05, 0) is 67.9 Å². The molecule has 0 saturated heterocycles. The molecule has 2 nitrogen and oxygen atoms in total. The summed E-state index contributed by atoms with van der Waals surface area (Å²) in [4.78, 5) is 11.2. The summed E-state index contributed by atoms with van der Waals surface area (Å²) < 4.78 is 0. The number of benzene rings is 1. The summed E-state index contributed by atoms with van der Waals surface area (Å²) in [5.41, 5.74) is 3.16. The van der Waals surface area contributed by atoms with Crippen molar-refractivity contribution < 1.29 is 9.90 Å². The van der Waals surface area contributed by atoms with E-state index in [0.717, 1.165) is 38.5 Å². The van der Waals surface area contributed by atoms with E-state index in [1.807, 2.05) is 0 Å². The molecule has 0 atom stereocenters. The fourth-order valence-corrected chi connectivity index (χ4v) is 4.05. The number of aryl methyl sites for hydroxylation is 2. The molecule has 0 aliphatic heterocycles. The van der Waals surface area contributed by atoms with Crippen LogP contribution in [0.1, 0.15) is 103 Å². The maximum absolute atomic E-state index is 11.2. The Hall–Kier alpha value is -1.31. The Morgan fingerprint density at radius 2 is 1.41 bits per heavy atom. The lowest BCUT2D eigenvalue weighted by atomic mass is 9.89. The van der Waals surface area contributed by atoms with Crippen molar-refractivity contribution in [3.63, 3.8) is 0 Å². The third-order valence-corrected chi connectivity index (χ3v) is 6.15. The van der Waals surface area contributed by atoms with E-state index in [4.69, 9.17) is 0 Å². The summed E-state index contributed by atoms with van der Waals surface area (Å²) in [5.74, 6) is -0.574. The Kier molecular flexibility index (Phi) is 8.38. The maximum Gasteiger partial charge on any atom is 0.309 e. The van der Waals surface area contributed by atoms with Gasteiger partial charge in [-0.25, -0.2) is 0 Å². The second-order valence-electron chi connectivity index (χ2n) is 9.89. The molecule has 0 heterocycles. The first-order valence-electron chi connectivity index (χ1n) is 11.1. The highest BCUT2D eigenvalue weighted by atomic mass is 16.4. The zero-order chi connectivity index (χ0) is 19.8. The van der Waals surface area contributed by atoms with Gasteiger partial charge in [-0.15, -0.1) is 0 Å². The predicted molar refractivity (Wildman–Crippen MR) is 114 cm³/mol. The van der Waals surface area contributed by atoms with Crippen LogP contribution < -0.4 is 0 Å². The molecular weight excluding hydrogens is 332 g/mol. The molecule has 0 spiro atoms. The molecule has 0 bridgehead atoms. The van der Waals surface area contributed by atoms with Gasteiger partial charge in [0.1, 0.15) is 0 Å². The first-order chi connectivity index (χ1) is 12.8. The predicted octanol–water partition coefficient (Wildman–Crippen LogP) is 7.19.